The van der Waals surface area contributed by atoms with Crippen LogP contribution in [0.2, 0.25) is 0 Å². The van der Waals surface area contributed by atoms with E-state index in [1.165, 1.54) is 36.4 Å². The van der Waals surface area contributed by atoms with Crippen molar-refractivity contribution in [3.05, 3.63) is 65.2 Å². The molecule has 0 bridgehead atoms. The summed E-state index contributed by atoms with van der Waals surface area (Å²) in [5.41, 5.74) is -0.739. The predicted molar refractivity (Wildman–Crippen MR) is 110 cm³/mol. The molecule has 0 fully saturated rings. The highest BCUT2D eigenvalue weighted by Crippen LogP contribution is 2.20. The maximum Gasteiger partial charge on any atom is 0.269 e. The Morgan fingerprint density at radius 2 is 1.47 bits per heavy atom. The Labute approximate surface area is 183 Å². The second kappa shape index (κ2) is 9.86. The van der Waals surface area contributed by atoms with Crippen LogP contribution >= 0.6 is 0 Å². The Kier molecular flexibility index (Phi) is 7.69. The minimum atomic E-state index is -3.38. The third-order valence-corrected chi connectivity index (χ3v) is 5.58. The second-order valence-electron chi connectivity index (χ2n) is 7.03. The standard InChI is InChI=1S/C21H20F2N2O6S/c1-21(28,20(22)23)17(19(27)25-29)24-18(26)15-9-5-13(6-10-15)3-4-14-7-11-16(12-8-14)32(2,30)31/h5-12,17,20,28-29H,1-2H3,(H,24,26)(H,25,27)/t17-,21+/m1/s1. The molecular formula is C21H20F2N2O6S. The second-order valence-corrected chi connectivity index (χ2v) is 9.05. The molecule has 0 saturated carbocycles. The Bertz CT molecular complexity index is 1150. The van der Waals surface area contributed by atoms with Crippen molar-refractivity contribution in [3.63, 3.8) is 0 Å². The highest BCUT2D eigenvalue weighted by atomic mass is 32.2. The first-order valence-corrected chi connectivity index (χ1v) is 10.9. The van der Waals surface area contributed by atoms with Crippen LogP contribution in [0.3, 0.4) is 0 Å². The van der Waals surface area contributed by atoms with Crippen LogP contribution in [0.1, 0.15) is 28.4 Å². The van der Waals surface area contributed by atoms with Crippen LogP contribution in [0.15, 0.2) is 53.4 Å². The molecule has 11 heteroatoms. The van der Waals surface area contributed by atoms with Gasteiger partial charge in [-0.05, 0) is 55.5 Å². The van der Waals surface area contributed by atoms with Gasteiger partial charge in [0.1, 0.15) is 6.04 Å². The van der Waals surface area contributed by atoms with E-state index in [1.54, 1.807) is 12.1 Å². The maximum atomic E-state index is 13.1. The molecule has 2 rings (SSSR count). The van der Waals surface area contributed by atoms with E-state index >= 15 is 0 Å². The third-order valence-electron chi connectivity index (χ3n) is 4.45. The lowest BCUT2D eigenvalue weighted by Crippen LogP contribution is -2.61. The summed E-state index contributed by atoms with van der Waals surface area (Å²) in [6.07, 6.45) is -2.28. The molecule has 0 aliphatic carbocycles. The van der Waals surface area contributed by atoms with Gasteiger partial charge in [0, 0.05) is 22.9 Å². The molecule has 0 aliphatic rings. The van der Waals surface area contributed by atoms with Crippen molar-refractivity contribution in [1.82, 2.24) is 10.8 Å². The Balaban J connectivity index is 2.16. The smallest absolute Gasteiger partial charge is 0.269 e. The van der Waals surface area contributed by atoms with Gasteiger partial charge in [0.2, 0.25) is 0 Å². The molecule has 0 unspecified atom stereocenters. The van der Waals surface area contributed by atoms with Gasteiger partial charge in [-0.2, -0.15) is 0 Å². The number of rotatable bonds is 6. The zero-order chi connectivity index (χ0) is 24.1. The summed E-state index contributed by atoms with van der Waals surface area (Å²) in [6, 6.07) is 9.44. The van der Waals surface area contributed by atoms with Crippen LogP contribution in [0, 0.1) is 11.8 Å². The average molecular weight is 466 g/mol. The molecule has 32 heavy (non-hydrogen) atoms. The molecule has 2 atom stereocenters. The van der Waals surface area contributed by atoms with Gasteiger partial charge < -0.3 is 10.4 Å². The quantitative estimate of drug-likeness (QED) is 0.286. The van der Waals surface area contributed by atoms with Gasteiger partial charge in [-0.15, -0.1) is 0 Å². The first kappa shape index (κ1) is 24.9. The zero-order valence-corrected chi connectivity index (χ0v) is 17.8. The lowest BCUT2D eigenvalue weighted by molar-refractivity contribution is -0.149. The molecule has 0 saturated heterocycles. The van der Waals surface area contributed by atoms with E-state index in [4.69, 9.17) is 5.21 Å². The van der Waals surface area contributed by atoms with E-state index in [-0.39, 0.29) is 10.5 Å². The molecular weight excluding hydrogens is 446 g/mol. The number of hydrogen-bond acceptors (Lipinski definition) is 6. The molecule has 2 aromatic rings. The van der Waals surface area contributed by atoms with Crippen molar-refractivity contribution in [1.29, 1.82) is 0 Å². The van der Waals surface area contributed by atoms with E-state index in [0.717, 1.165) is 11.7 Å². The molecule has 0 radical (unpaired) electrons. The predicted octanol–water partition coefficient (Wildman–Crippen LogP) is 1.11. The number of hydrogen-bond donors (Lipinski definition) is 4. The van der Waals surface area contributed by atoms with Crippen molar-refractivity contribution in [2.45, 2.75) is 29.9 Å². The number of halogens is 2. The molecule has 8 nitrogen and oxygen atoms in total. The number of hydroxylamine groups is 1. The van der Waals surface area contributed by atoms with Crippen LogP contribution in [-0.2, 0) is 14.6 Å². The summed E-state index contributed by atoms with van der Waals surface area (Å²) in [4.78, 5) is 24.2. The number of alkyl halides is 2. The van der Waals surface area contributed by atoms with E-state index < -0.39 is 39.7 Å². The van der Waals surface area contributed by atoms with Gasteiger partial charge in [-0.1, -0.05) is 11.8 Å². The zero-order valence-electron chi connectivity index (χ0n) is 17.0. The number of nitrogens with one attached hydrogen (secondary N) is 2. The number of carbonyl (C=O) groups excluding carboxylic acids is 2. The summed E-state index contributed by atoms with van der Waals surface area (Å²) < 4.78 is 49.1. The highest BCUT2D eigenvalue weighted by Gasteiger charge is 2.46. The minimum Gasteiger partial charge on any atom is -0.381 e. The minimum absolute atomic E-state index is 0.00568. The highest BCUT2D eigenvalue weighted by molar-refractivity contribution is 7.90. The summed E-state index contributed by atoms with van der Waals surface area (Å²) in [6.45, 7) is 0.652. The molecule has 2 amide bonds. The van der Waals surface area contributed by atoms with Gasteiger partial charge in [0.25, 0.3) is 18.2 Å². The van der Waals surface area contributed by atoms with Gasteiger partial charge in [-0.25, -0.2) is 22.7 Å². The first-order chi connectivity index (χ1) is 14.9. The lowest BCUT2D eigenvalue weighted by Gasteiger charge is -2.30. The largest absolute Gasteiger partial charge is 0.381 e. The Hall–Kier alpha value is -3.33. The number of aliphatic hydroxyl groups is 1. The monoisotopic (exact) mass is 466 g/mol. The molecule has 170 valence electrons. The van der Waals surface area contributed by atoms with Crippen LogP contribution in [0.5, 0.6) is 0 Å². The first-order valence-electron chi connectivity index (χ1n) is 9.04. The van der Waals surface area contributed by atoms with Gasteiger partial charge in [-0.3, -0.25) is 14.8 Å². The van der Waals surface area contributed by atoms with Crippen molar-refractivity contribution in [3.8, 4) is 11.8 Å². The topological polar surface area (TPSA) is 133 Å². The fourth-order valence-electron chi connectivity index (χ4n) is 2.52. The van der Waals surface area contributed by atoms with E-state index in [2.05, 4.69) is 11.8 Å². The normalized spacial score (nSPS) is 14.0. The van der Waals surface area contributed by atoms with Crippen molar-refractivity contribution in [2.24, 2.45) is 0 Å². The number of amides is 2. The Morgan fingerprint density at radius 1 is 1.00 bits per heavy atom. The summed E-state index contributed by atoms with van der Waals surface area (Å²) in [5, 5.41) is 20.5. The van der Waals surface area contributed by atoms with Gasteiger partial charge >= 0.3 is 0 Å². The molecule has 2 aromatic carbocycles. The van der Waals surface area contributed by atoms with E-state index in [9.17, 15) is 31.9 Å². The molecule has 0 aromatic heterocycles. The van der Waals surface area contributed by atoms with Crippen LogP contribution in [0.25, 0.3) is 0 Å². The molecule has 0 spiro atoms. The lowest BCUT2D eigenvalue weighted by atomic mass is 9.95. The number of sulfone groups is 1. The molecule has 4 N–H and O–H groups in total. The van der Waals surface area contributed by atoms with Crippen LogP contribution in [0.4, 0.5) is 8.78 Å². The van der Waals surface area contributed by atoms with E-state index in [1.807, 2.05) is 5.32 Å². The van der Waals surface area contributed by atoms with Gasteiger partial charge in [0.05, 0.1) is 4.90 Å². The summed E-state index contributed by atoms with van der Waals surface area (Å²) in [7, 11) is -3.31. The fraction of sp³-hybridized carbons (Fsp3) is 0.238. The third kappa shape index (κ3) is 6.10. The van der Waals surface area contributed by atoms with E-state index in [0.29, 0.717) is 18.1 Å². The van der Waals surface area contributed by atoms with Crippen LogP contribution < -0.4 is 10.8 Å². The molecule has 0 heterocycles. The number of carbonyl (C=O) groups is 2. The van der Waals surface area contributed by atoms with Crippen molar-refractivity contribution >= 4 is 21.7 Å². The number of benzene rings is 2. The van der Waals surface area contributed by atoms with Gasteiger partial charge in [0.15, 0.2) is 15.4 Å². The molecule has 0 aliphatic heterocycles. The summed E-state index contributed by atoms with van der Waals surface area (Å²) in [5.74, 6) is 3.31. The fourth-order valence-corrected chi connectivity index (χ4v) is 3.15. The average Bonchev–Trinajstić information content (AvgIpc) is 2.75. The maximum absolute atomic E-state index is 13.1. The van der Waals surface area contributed by atoms with Crippen molar-refractivity contribution in [2.75, 3.05) is 6.26 Å². The SMILES string of the molecule is C[C@@](O)(C(F)F)[C@H](NC(=O)c1ccc(C#Cc2ccc(S(C)(=O)=O)cc2)cc1)C(=O)NO. The van der Waals surface area contributed by atoms with Crippen molar-refractivity contribution < 1.29 is 37.1 Å². The van der Waals surface area contributed by atoms with Crippen LogP contribution in [-0.4, -0.2) is 54.9 Å². The Morgan fingerprint density at radius 3 is 1.88 bits per heavy atom. The summed E-state index contributed by atoms with van der Waals surface area (Å²) >= 11 is 0.